The molecule has 0 unspecified atom stereocenters. The molecule has 10 rings (SSSR count). The summed E-state index contributed by atoms with van der Waals surface area (Å²) < 4.78 is 68.2. The van der Waals surface area contributed by atoms with Gasteiger partial charge in [0.15, 0.2) is 23.3 Å². The van der Waals surface area contributed by atoms with E-state index in [0.717, 1.165) is 54.4 Å². The van der Waals surface area contributed by atoms with Gasteiger partial charge in [-0.15, -0.1) is 0 Å². The van der Waals surface area contributed by atoms with E-state index in [1.807, 2.05) is 54.6 Å². The number of nitrogens with zero attached hydrogens (tertiary/aromatic N) is 2. The molecule has 0 saturated heterocycles. The van der Waals surface area contributed by atoms with E-state index in [-0.39, 0.29) is 5.56 Å². The third kappa shape index (κ3) is 4.24. The molecule has 2 nitrogen and oxygen atoms in total. The van der Waals surface area contributed by atoms with Crippen LogP contribution in [0, 0.1) is 23.3 Å². The summed E-state index contributed by atoms with van der Waals surface area (Å²) in [5.41, 5.74) is 2.29. The van der Waals surface area contributed by atoms with Gasteiger partial charge in [0.1, 0.15) is 5.69 Å². The molecule has 0 aliphatic heterocycles. The van der Waals surface area contributed by atoms with Gasteiger partial charge in [-0.2, -0.15) is 0 Å². The molecule has 0 spiro atoms. The molecule has 6 heteroatoms. The van der Waals surface area contributed by atoms with Crippen molar-refractivity contribution in [2.75, 3.05) is 4.90 Å². The normalized spacial score (nSPS) is 11.8. The van der Waals surface area contributed by atoms with Gasteiger partial charge in [0.25, 0.3) is 0 Å². The summed E-state index contributed by atoms with van der Waals surface area (Å²) in [6, 6.07) is 48.5. The van der Waals surface area contributed by atoms with Gasteiger partial charge in [-0.3, -0.25) is 0 Å². The van der Waals surface area contributed by atoms with Gasteiger partial charge in [-0.1, -0.05) is 109 Å². The molecule has 0 atom stereocenters. The van der Waals surface area contributed by atoms with E-state index in [2.05, 4.69) is 34.9 Å². The third-order valence-corrected chi connectivity index (χ3v) is 10.2. The Hall–Kier alpha value is -6.66. The summed E-state index contributed by atoms with van der Waals surface area (Å²) >= 11 is 0. The fraction of sp³-hybridized carbons (Fsp3) is 0. The van der Waals surface area contributed by atoms with Crippen LogP contribution in [0.1, 0.15) is 0 Å². The van der Waals surface area contributed by atoms with Crippen molar-refractivity contribution in [2.45, 2.75) is 0 Å². The fourth-order valence-corrected chi connectivity index (χ4v) is 8.02. The molecule has 0 fully saturated rings. The molecule has 52 heavy (non-hydrogen) atoms. The molecular weight excluding hydrogens is 657 g/mol. The number of fused-ring (bicyclic) bond motifs is 4. The molecule has 1 aromatic heterocycles. The Labute approximate surface area is 295 Å². The van der Waals surface area contributed by atoms with Gasteiger partial charge in [0.05, 0.1) is 16.6 Å². The molecule has 0 aliphatic carbocycles. The van der Waals surface area contributed by atoms with Gasteiger partial charge in [0, 0.05) is 27.8 Å². The summed E-state index contributed by atoms with van der Waals surface area (Å²) in [7, 11) is 0. The lowest BCUT2D eigenvalue weighted by Crippen LogP contribution is -2.16. The topological polar surface area (TPSA) is 8.17 Å². The van der Waals surface area contributed by atoms with Crippen LogP contribution >= 0.6 is 0 Å². The lowest BCUT2D eigenvalue weighted by molar-refractivity contribution is 0.461. The Morgan fingerprint density at radius 3 is 1.62 bits per heavy atom. The second-order valence-corrected chi connectivity index (χ2v) is 13.0. The Kier molecular flexibility index (Phi) is 6.64. The Balaban J connectivity index is 1.25. The molecule has 0 amide bonds. The first kappa shape index (κ1) is 30.2. The van der Waals surface area contributed by atoms with Crippen molar-refractivity contribution in [3.8, 4) is 16.8 Å². The molecule has 0 saturated carbocycles. The Bertz CT molecular complexity index is 2920. The predicted octanol–water partition coefficient (Wildman–Crippen LogP) is 13.4. The highest BCUT2D eigenvalue weighted by Gasteiger charge is 2.32. The van der Waals surface area contributed by atoms with Gasteiger partial charge in [-0.05, 0) is 86.4 Å². The van der Waals surface area contributed by atoms with E-state index < -0.39 is 34.5 Å². The minimum absolute atomic E-state index is 0.0685. The van der Waals surface area contributed by atoms with Crippen molar-refractivity contribution in [1.29, 1.82) is 0 Å². The van der Waals surface area contributed by atoms with Crippen LogP contribution in [-0.4, -0.2) is 4.57 Å². The summed E-state index contributed by atoms with van der Waals surface area (Å²) in [6.45, 7) is 0. The number of hydrogen-bond acceptors (Lipinski definition) is 1. The van der Waals surface area contributed by atoms with Crippen molar-refractivity contribution in [1.82, 2.24) is 4.57 Å². The van der Waals surface area contributed by atoms with Crippen molar-refractivity contribution < 1.29 is 17.6 Å². The highest BCUT2D eigenvalue weighted by atomic mass is 19.2. The summed E-state index contributed by atoms with van der Waals surface area (Å²) in [4.78, 5) is 1.20. The molecule has 0 radical (unpaired) electrons. The summed E-state index contributed by atoms with van der Waals surface area (Å²) in [6.07, 6.45) is 0. The standard InChI is InChI=1S/C46H26F4N2/c47-42-41(43(48)45(50)46(44(42)49)51(29-12-4-1-5-13-29)30-14-6-2-7-15-30)33-23-22-27-20-21-28-26-37-40(35-25-24-32(33)38(27)39(28)35)34-18-10-11-19-36(34)52(37)31-16-8-3-9-17-31/h1-26H. The van der Waals surface area contributed by atoms with E-state index in [9.17, 15) is 0 Å². The number of rotatable bonds is 5. The quantitative estimate of drug-likeness (QED) is 0.0997. The Morgan fingerprint density at radius 2 is 0.942 bits per heavy atom. The van der Waals surface area contributed by atoms with Gasteiger partial charge < -0.3 is 9.47 Å². The second kappa shape index (κ2) is 11.4. The smallest absolute Gasteiger partial charge is 0.186 e. The van der Waals surface area contributed by atoms with Crippen LogP contribution in [-0.2, 0) is 0 Å². The van der Waals surface area contributed by atoms with Gasteiger partial charge in [-0.25, -0.2) is 17.6 Å². The van der Waals surface area contributed by atoms with Gasteiger partial charge >= 0.3 is 0 Å². The van der Waals surface area contributed by atoms with Crippen LogP contribution in [0.15, 0.2) is 158 Å². The van der Waals surface area contributed by atoms with Crippen LogP contribution in [0.25, 0.3) is 70.9 Å². The minimum atomic E-state index is -1.48. The zero-order valence-electron chi connectivity index (χ0n) is 27.4. The maximum absolute atomic E-state index is 16.5. The maximum Gasteiger partial charge on any atom is 0.186 e. The van der Waals surface area contributed by atoms with Crippen LogP contribution in [0.4, 0.5) is 34.6 Å². The molecule has 248 valence electrons. The Morgan fingerprint density at radius 1 is 0.404 bits per heavy atom. The molecule has 1 heterocycles. The average Bonchev–Trinajstić information content (AvgIpc) is 3.53. The van der Waals surface area contributed by atoms with Crippen LogP contribution in [0.5, 0.6) is 0 Å². The molecule has 0 aliphatic rings. The highest BCUT2D eigenvalue weighted by molar-refractivity contribution is 6.34. The third-order valence-electron chi connectivity index (χ3n) is 10.2. The van der Waals surface area contributed by atoms with Crippen molar-refractivity contribution in [2.24, 2.45) is 0 Å². The first-order valence-corrected chi connectivity index (χ1v) is 17.0. The maximum atomic E-state index is 16.5. The zero-order valence-corrected chi connectivity index (χ0v) is 27.4. The molecule has 0 bridgehead atoms. The van der Waals surface area contributed by atoms with Crippen molar-refractivity contribution >= 4 is 71.2 Å². The van der Waals surface area contributed by atoms with Crippen molar-refractivity contribution in [3.05, 3.63) is 181 Å². The number of benzene rings is 9. The van der Waals surface area contributed by atoms with Crippen molar-refractivity contribution in [3.63, 3.8) is 0 Å². The SMILES string of the molecule is Fc1c(F)c(N(c2ccccc2)c2ccccc2)c(F)c(F)c1-c1ccc2ccc3cc4c(c5ccc1c2c35)c1ccccc1n4-c1ccccc1. The van der Waals surface area contributed by atoms with Crippen LogP contribution in [0.3, 0.4) is 0 Å². The van der Waals surface area contributed by atoms with E-state index in [1.54, 1.807) is 72.8 Å². The molecule has 9 aromatic carbocycles. The average molecular weight is 683 g/mol. The first-order chi connectivity index (χ1) is 25.5. The number of para-hydroxylation sites is 4. The minimum Gasteiger partial charge on any atom is -0.309 e. The van der Waals surface area contributed by atoms with E-state index >= 15 is 17.6 Å². The van der Waals surface area contributed by atoms with Crippen LogP contribution in [0.2, 0.25) is 0 Å². The van der Waals surface area contributed by atoms with E-state index in [1.165, 1.54) is 4.90 Å². The van der Waals surface area contributed by atoms with Crippen LogP contribution < -0.4 is 4.90 Å². The number of aromatic nitrogens is 1. The highest BCUT2D eigenvalue weighted by Crippen LogP contribution is 2.48. The monoisotopic (exact) mass is 682 g/mol. The summed E-state index contributed by atoms with van der Waals surface area (Å²) in [5.74, 6) is -5.89. The summed E-state index contributed by atoms with van der Waals surface area (Å²) in [5, 5.41) is 7.05. The molecule has 0 N–H and O–H groups in total. The van der Waals surface area contributed by atoms with E-state index in [0.29, 0.717) is 16.8 Å². The number of anilines is 3. The van der Waals surface area contributed by atoms with E-state index in [4.69, 9.17) is 0 Å². The zero-order chi connectivity index (χ0) is 35.1. The predicted molar refractivity (Wildman–Crippen MR) is 204 cm³/mol. The largest absolute Gasteiger partial charge is 0.309 e. The lowest BCUT2D eigenvalue weighted by Gasteiger charge is -2.27. The fourth-order valence-electron chi connectivity index (χ4n) is 8.02. The van der Waals surface area contributed by atoms with Gasteiger partial charge in [0.2, 0.25) is 0 Å². The first-order valence-electron chi connectivity index (χ1n) is 17.0. The molecule has 10 aromatic rings. The number of halogens is 4. The second-order valence-electron chi connectivity index (χ2n) is 13.0. The molecular formula is C46H26F4N2. The number of hydrogen-bond donors (Lipinski definition) is 0. The lowest BCUT2D eigenvalue weighted by atomic mass is 9.88.